The van der Waals surface area contributed by atoms with Gasteiger partial charge in [-0.05, 0) is 13.3 Å². The number of rotatable bonds is 5. The Bertz CT molecular complexity index is 731. The van der Waals surface area contributed by atoms with Crippen LogP contribution in [-0.2, 0) is 9.53 Å². The number of H-pyrrole nitrogens is 1. The zero-order valence-corrected chi connectivity index (χ0v) is 12.0. The van der Waals surface area contributed by atoms with Crippen LogP contribution < -0.4 is 11.2 Å². The fraction of sp³-hybridized carbons (Fsp3) is 0.538. The van der Waals surface area contributed by atoms with Crippen molar-refractivity contribution in [1.82, 2.24) is 9.55 Å². The van der Waals surface area contributed by atoms with Crippen LogP contribution in [0.5, 0.6) is 0 Å². The van der Waals surface area contributed by atoms with Crippen LogP contribution >= 0.6 is 0 Å². The van der Waals surface area contributed by atoms with Crippen molar-refractivity contribution in [2.45, 2.75) is 44.6 Å². The normalized spacial score (nSPS) is 24.0. The largest absolute Gasteiger partial charge is 0.390 e. The first-order chi connectivity index (χ1) is 10.4. The Morgan fingerprint density at radius 1 is 1.64 bits per heavy atom. The Balaban J connectivity index is 2.09. The molecule has 118 valence electrons. The average Bonchev–Trinajstić information content (AvgIpc) is 2.82. The van der Waals surface area contributed by atoms with E-state index in [0.29, 0.717) is 5.56 Å². The van der Waals surface area contributed by atoms with Gasteiger partial charge in [0, 0.05) is 24.6 Å². The monoisotopic (exact) mass is 309 g/mol. The highest BCUT2D eigenvalue weighted by atomic mass is 16.5. The van der Waals surface area contributed by atoms with E-state index in [9.17, 15) is 19.5 Å². The highest BCUT2D eigenvalue weighted by Crippen LogP contribution is 2.29. The summed E-state index contributed by atoms with van der Waals surface area (Å²) in [4.78, 5) is 39.5. The maximum atomic E-state index is 11.8. The topological polar surface area (TPSA) is 139 Å². The van der Waals surface area contributed by atoms with Crippen molar-refractivity contribution >= 4 is 12.0 Å². The molecule has 3 N–H and O–H groups in total. The summed E-state index contributed by atoms with van der Waals surface area (Å²) < 4.78 is 6.84. The van der Waals surface area contributed by atoms with Gasteiger partial charge in [0.25, 0.3) is 5.56 Å². The number of aliphatic hydroxyl groups is 1. The van der Waals surface area contributed by atoms with Crippen molar-refractivity contribution in [2.75, 3.05) is 0 Å². The number of carbonyl (C=O) groups is 1. The van der Waals surface area contributed by atoms with Crippen LogP contribution in [0, 0.1) is 12.5 Å². The molecule has 3 atom stereocenters. The maximum absolute atomic E-state index is 11.8. The lowest BCUT2D eigenvalue weighted by atomic mass is 10.1. The summed E-state index contributed by atoms with van der Waals surface area (Å²) in [7, 11) is 0. The average molecular weight is 309 g/mol. The molecule has 1 aliphatic rings. The van der Waals surface area contributed by atoms with E-state index in [1.165, 1.54) is 10.8 Å². The van der Waals surface area contributed by atoms with E-state index in [-0.39, 0.29) is 25.0 Å². The molecule has 1 aromatic heterocycles. The van der Waals surface area contributed by atoms with Crippen LogP contribution in [-0.4, -0.2) is 43.7 Å². The summed E-state index contributed by atoms with van der Waals surface area (Å²) in [6.45, 7) is 1.57. The zero-order valence-electron chi connectivity index (χ0n) is 12.0. The zero-order chi connectivity index (χ0) is 16.3. The Hall–Kier alpha value is -2.35. The van der Waals surface area contributed by atoms with Crippen LogP contribution in [0.3, 0.4) is 0 Å². The molecule has 3 unspecified atom stereocenters. The number of aromatic nitrogens is 2. The van der Waals surface area contributed by atoms with E-state index >= 15 is 0 Å². The Labute approximate surface area is 124 Å². The maximum Gasteiger partial charge on any atom is 0.372 e. The SMILES string of the molecule is Cc1cn(C2CC(O)C(CCC(=O)C=[N+]=N)O2)c(=O)[nH]c1=O. The number of ether oxygens (including phenoxy) is 1. The molecule has 1 aromatic rings. The molecule has 9 nitrogen and oxygen atoms in total. The lowest BCUT2D eigenvalue weighted by Crippen LogP contribution is -2.33. The van der Waals surface area contributed by atoms with Crippen LogP contribution in [0.1, 0.15) is 31.1 Å². The number of hydrogen-bond acceptors (Lipinski definition) is 6. The van der Waals surface area contributed by atoms with E-state index in [4.69, 9.17) is 10.3 Å². The van der Waals surface area contributed by atoms with Gasteiger partial charge in [-0.3, -0.25) is 19.1 Å². The Kier molecular flexibility index (Phi) is 4.81. The number of carbonyl (C=O) groups excluding carboxylic acids is 1. The molecule has 0 amide bonds. The van der Waals surface area contributed by atoms with Crippen LogP contribution in [0.4, 0.5) is 0 Å². The minimum atomic E-state index is -0.815. The summed E-state index contributed by atoms with van der Waals surface area (Å²) >= 11 is 0. The second kappa shape index (κ2) is 6.61. The van der Waals surface area contributed by atoms with E-state index in [2.05, 4.69) is 9.77 Å². The summed E-state index contributed by atoms with van der Waals surface area (Å²) in [5.74, 6) is -0.327. The second-order valence-electron chi connectivity index (χ2n) is 5.17. The number of aliphatic hydroxyl groups excluding tert-OH is 1. The first-order valence-corrected chi connectivity index (χ1v) is 6.80. The number of nitrogens with one attached hydrogen (secondary N) is 2. The van der Waals surface area contributed by atoms with Crippen molar-refractivity contribution in [1.29, 1.82) is 5.53 Å². The highest BCUT2D eigenvalue weighted by Gasteiger charge is 2.35. The molecule has 0 spiro atoms. The van der Waals surface area contributed by atoms with Crippen LogP contribution in [0.2, 0.25) is 0 Å². The molecule has 0 radical (unpaired) electrons. The highest BCUT2D eigenvalue weighted by molar-refractivity contribution is 6.25. The van der Waals surface area contributed by atoms with E-state index in [1.54, 1.807) is 6.92 Å². The van der Waals surface area contributed by atoms with Gasteiger partial charge < -0.3 is 9.84 Å². The standard InChI is InChI=1S/C13H16N4O5/c1-7-6-17(13(21)16-12(7)20)11-4-9(19)10(22-11)3-2-8(18)5-15-14/h5-6,9-11,14,19H,2-4H2,1H3/p+1. The molecular formula is C13H17N4O5+. The van der Waals surface area contributed by atoms with Gasteiger partial charge in [0.2, 0.25) is 5.78 Å². The smallest absolute Gasteiger partial charge is 0.372 e. The predicted octanol–water partition coefficient (Wildman–Crippen LogP) is -0.847. The summed E-state index contributed by atoms with van der Waals surface area (Å²) in [6, 6.07) is 0. The minimum Gasteiger partial charge on any atom is -0.390 e. The number of nitrogens with zero attached hydrogens (tertiary/aromatic N) is 2. The van der Waals surface area contributed by atoms with Gasteiger partial charge in [-0.1, -0.05) is 0 Å². The first kappa shape index (κ1) is 16.0. The lowest BCUT2D eigenvalue weighted by molar-refractivity contribution is -0.131. The fourth-order valence-corrected chi connectivity index (χ4v) is 2.37. The van der Waals surface area contributed by atoms with Gasteiger partial charge in [0.05, 0.1) is 22.5 Å². The van der Waals surface area contributed by atoms with Crippen LogP contribution in [0.25, 0.3) is 0 Å². The van der Waals surface area contributed by atoms with Gasteiger partial charge >= 0.3 is 11.9 Å². The molecule has 0 aliphatic carbocycles. The fourth-order valence-electron chi connectivity index (χ4n) is 2.37. The van der Waals surface area contributed by atoms with Gasteiger partial charge in [-0.25, -0.2) is 4.79 Å². The van der Waals surface area contributed by atoms with Gasteiger partial charge in [0.15, 0.2) is 0 Å². The van der Waals surface area contributed by atoms with E-state index < -0.39 is 29.7 Å². The van der Waals surface area contributed by atoms with E-state index in [1.807, 2.05) is 0 Å². The quantitative estimate of drug-likeness (QED) is 0.369. The van der Waals surface area contributed by atoms with Gasteiger partial charge in [0.1, 0.15) is 6.23 Å². The third-order valence-corrected chi connectivity index (χ3v) is 3.54. The van der Waals surface area contributed by atoms with Gasteiger partial charge in [-0.15, -0.1) is 0 Å². The van der Waals surface area contributed by atoms with E-state index in [0.717, 1.165) is 6.21 Å². The lowest BCUT2D eigenvalue weighted by Gasteiger charge is -2.15. The van der Waals surface area contributed by atoms with Crippen molar-refractivity contribution < 1.29 is 19.4 Å². The number of ketones is 1. The molecule has 2 heterocycles. The third-order valence-electron chi connectivity index (χ3n) is 3.54. The molecule has 0 bridgehead atoms. The predicted molar refractivity (Wildman–Crippen MR) is 73.9 cm³/mol. The molecule has 2 rings (SSSR count). The molecule has 0 aromatic carbocycles. The number of aryl methyl sites for hydroxylation is 1. The van der Waals surface area contributed by atoms with Crippen molar-refractivity contribution in [3.63, 3.8) is 0 Å². The Morgan fingerprint density at radius 3 is 3.05 bits per heavy atom. The summed E-state index contributed by atoms with van der Waals surface area (Å²) in [5.41, 5.74) is 5.86. The number of Topliss-reactive ketones (excluding diaryl/α,β-unsaturated/α-hetero) is 1. The summed E-state index contributed by atoms with van der Waals surface area (Å²) in [6.07, 6.45) is 0.736. The summed E-state index contributed by atoms with van der Waals surface area (Å²) in [5, 5.41) is 9.98. The van der Waals surface area contributed by atoms with Crippen molar-refractivity contribution in [3.8, 4) is 0 Å². The minimum absolute atomic E-state index is 0.0936. The first-order valence-electron chi connectivity index (χ1n) is 6.80. The van der Waals surface area contributed by atoms with Gasteiger partial charge in [-0.2, -0.15) is 0 Å². The molecule has 1 saturated heterocycles. The van der Waals surface area contributed by atoms with Crippen molar-refractivity contribution in [2.24, 2.45) is 0 Å². The molecular weight excluding hydrogens is 292 g/mol. The number of hydrogen-bond donors (Lipinski definition) is 3. The Morgan fingerprint density at radius 2 is 2.36 bits per heavy atom. The molecule has 1 fully saturated rings. The number of aromatic amines is 1. The second-order valence-corrected chi connectivity index (χ2v) is 5.17. The molecule has 9 heteroatoms. The molecule has 1 aliphatic heterocycles. The molecule has 22 heavy (non-hydrogen) atoms. The molecule has 0 saturated carbocycles. The third kappa shape index (κ3) is 3.45. The van der Waals surface area contributed by atoms with Crippen LogP contribution in [0.15, 0.2) is 15.8 Å². The van der Waals surface area contributed by atoms with Crippen molar-refractivity contribution in [3.05, 3.63) is 32.6 Å².